The van der Waals surface area contributed by atoms with Crippen LogP contribution in [0, 0.1) is 0 Å². The Kier molecular flexibility index (Phi) is 9.81. The average molecular weight is 538 g/mol. The molecule has 2 aromatic heterocycles. The summed E-state index contributed by atoms with van der Waals surface area (Å²) in [5.74, 6) is 0.609. The molecule has 3 rings (SSSR count). The van der Waals surface area contributed by atoms with Gasteiger partial charge in [0.2, 0.25) is 5.91 Å². The summed E-state index contributed by atoms with van der Waals surface area (Å²) in [4.78, 5) is 19.4. The highest BCUT2D eigenvalue weighted by Crippen LogP contribution is 2.12. The second kappa shape index (κ2) is 12.3. The highest BCUT2D eigenvalue weighted by atomic mass is 127. The smallest absolute Gasteiger partial charge is 0.241 e. The maximum absolute atomic E-state index is 12.0. The van der Waals surface area contributed by atoms with Crippen molar-refractivity contribution >= 4 is 47.2 Å². The fraction of sp³-hybridized carbons (Fsp3) is 0.286. The number of nitrogens with one attached hydrogen (secondary N) is 2. The fourth-order valence-electron chi connectivity index (χ4n) is 2.67. The van der Waals surface area contributed by atoms with Gasteiger partial charge < -0.3 is 15.5 Å². The maximum atomic E-state index is 12.0. The van der Waals surface area contributed by atoms with E-state index in [1.807, 2.05) is 40.5 Å². The molecule has 0 bridgehead atoms. The molecule has 0 aliphatic heterocycles. The summed E-state index contributed by atoms with van der Waals surface area (Å²) >= 11 is 1.68. The van der Waals surface area contributed by atoms with Crippen LogP contribution in [0.3, 0.4) is 0 Å². The van der Waals surface area contributed by atoms with E-state index in [1.165, 1.54) is 10.4 Å². The third-order valence-electron chi connectivity index (χ3n) is 4.33. The topological polar surface area (TPSA) is 74.5 Å². The fourth-order valence-corrected chi connectivity index (χ4v) is 3.32. The average Bonchev–Trinajstić information content (AvgIpc) is 3.42. The molecule has 9 heteroatoms. The normalized spacial score (nSPS) is 10.9. The van der Waals surface area contributed by atoms with Gasteiger partial charge in [-0.2, -0.15) is 5.10 Å². The van der Waals surface area contributed by atoms with Gasteiger partial charge in [-0.25, -0.2) is 4.99 Å². The molecule has 2 N–H and O–H groups in total. The molecule has 0 atom stereocenters. The Balaban J connectivity index is 0.00000320. The largest absolute Gasteiger partial charge is 0.351 e. The standard InChI is InChI=1S/C21H26N6OS.HI/c1-26(2)20(28)15-24-21(23-14-19-9-5-12-29-19)22-13-17-7-3-4-8-18(17)16-27-11-6-10-25-27;/h3-12H,13-16H2,1-2H3,(H2,22,23,24);1H. The van der Waals surface area contributed by atoms with Crippen molar-refractivity contribution in [2.45, 2.75) is 19.6 Å². The Morgan fingerprint density at radius 2 is 1.93 bits per heavy atom. The molecule has 160 valence electrons. The molecule has 7 nitrogen and oxygen atoms in total. The van der Waals surface area contributed by atoms with Gasteiger partial charge in [-0.1, -0.05) is 30.3 Å². The molecule has 0 aliphatic carbocycles. The van der Waals surface area contributed by atoms with E-state index in [0.717, 1.165) is 5.56 Å². The molecular weight excluding hydrogens is 511 g/mol. The van der Waals surface area contributed by atoms with E-state index >= 15 is 0 Å². The van der Waals surface area contributed by atoms with Crippen molar-refractivity contribution in [1.82, 2.24) is 25.3 Å². The van der Waals surface area contributed by atoms with Crippen molar-refractivity contribution in [1.29, 1.82) is 0 Å². The summed E-state index contributed by atoms with van der Waals surface area (Å²) in [7, 11) is 3.48. The minimum atomic E-state index is -0.00490. The molecule has 1 aromatic carbocycles. The number of benzene rings is 1. The SMILES string of the molecule is CN(C)C(=O)CNC(=NCc1ccccc1Cn1cccn1)NCc1cccs1.I. The van der Waals surface area contributed by atoms with Gasteiger partial charge in [-0.05, 0) is 28.6 Å². The summed E-state index contributed by atoms with van der Waals surface area (Å²) in [5, 5.41) is 12.8. The first-order chi connectivity index (χ1) is 14.1. The van der Waals surface area contributed by atoms with Gasteiger partial charge in [-0.15, -0.1) is 35.3 Å². The van der Waals surface area contributed by atoms with Crippen molar-refractivity contribution in [3.8, 4) is 0 Å². The van der Waals surface area contributed by atoms with Crippen LogP contribution in [0.25, 0.3) is 0 Å². The van der Waals surface area contributed by atoms with Gasteiger partial charge in [-0.3, -0.25) is 9.48 Å². The number of carbonyl (C=O) groups is 1. The maximum Gasteiger partial charge on any atom is 0.241 e. The lowest BCUT2D eigenvalue weighted by molar-refractivity contribution is -0.127. The van der Waals surface area contributed by atoms with Crippen LogP contribution < -0.4 is 10.6 Å². The quantitative estimate of drug-likeness (QED) is 0.263. The first-order valence-corrected chi connectivity index (χ1v) is 10.3. The molecule has 2 heterocycles. The second-order valence-corrected chi connectivity index (χ2v) is 7.74. The molecule has 0 saturated carbocycles. The number of carbonyl (C=O) groups excluding carboxylic acids is 1. The van der Waals surface area contributed by atoms with Crippen LogP contribution in [0.15, 0.2) is 65.2 Å². The number of rotatable bonds is 8. The zero-order valence-electron chi connectivity index (χ0n) is 17.1. The van der Waals surface area contributed by atoms with Crippen LogP contribution in [0.1, 0.15) is 16.0 Å². The van der Waals surface area contributed by atoms with E-state index < -0.39 is 0 Å². The van der Waals surface area contributed by atoms with E-state index in [2.05, 4.69) is 33.9 Å². The molecule has 0 radical (unpaired) electrons. The molecule has 0 aliphatic rings. The van der Waals surface area contributed by atoms with Crippen LogP contribution in [0.2, 0.25) is 0 Å². The Hall–Kier alpha value is -2.40. The van der Waals surface area contributed by atoms with Crippen LogP contribution in [0.5, 0.6) is 0 Å². The Labute approximate surface area is 198 Å². The lowest BCUT2D eigenvalue weighted by atomic mass is 10.1. The van der Waals surface area contributed by atoms with Crippen molar-refractivity contribution in [3.63, 3.8) is 0 Å². The molecule has 30 heavy (non-hydrogen) atoms. The first-order valence-electron chi connectivity index (χ1n) is 9.41. The van der Waals surface area contributed by atoms with Gasteiger partial charge in [0.1, 0.15) is 0 Å². The number of likely N-dealkylation sites (N-methyl/N-ethyl adjacent to an activating group) is 1. The predicted molar refractivity (Wildman–Crippen MR) is 132 cm³/mol. The number of amides is 1. The molecule has 3 aromatic rings. The highest BCUT2D eigenvalue weighted by Gasteiger charge is 2.08. The summed E-state index contributed by atoms with van der Waals surface area (Å²) < 4.78 is 1.90. The minimum absolute atomic E-state index is 0. The highest BCUT2D eigenvalue weighted by molar-refractivity contribution is 14.0. The summed E-state index contributed by atoms with van der Waals surface area (Å²) in [6.45, 7) is 2.06. The van der Waals surface area contributed by atoms with E-state index in [0.29, 0.717) is 25.6 Å². The number of nitrogens with zero attached hydrogens (tertiary/aromatic N) is 4. The van der Waals surface area contributed by atoms with Crippen molar-refractivity contribution in [3.05, 3.63) is 76.2 Å². The minimum Gasteiger partial charge on any atom is -0.351 e. The first kappa shape index (κ1) is 23.9. The second-order valence-electron chi connectivity index (χ2n) is 6.71. The molecule has 1 amide bonds. The molecule has 0 saturated heterocycles. The number of hydrogen-bond donors (Lipinski definition) is 2. The Bertz CT molecular complexity index is 925. The summed E-state index contributed by atoms with van der Waals surface area (Å²) in [5.41, 5.74) is 2.29. The van der Waals surface area contributed by atoms with E-state index in [9.17, 15) is 4.79 Å². The lowest BCUT2D eigenvalue weighted by Crippen LogP contribution is -2.42. The van der Waals surface area contributed by atoms with Gasteiger partial charge >= 0.3 is 0 Å². The Morgan fingerprint density at radius 3 is 2.60 bits per heavy atom. The van der Waals surface area contributed by atoms with Crippen LogP contribution in [-0.2, 0) is 24.4 Å². The zero-order valence-corrected chi connectivity index (χ0v) is 20.3. The number of aliphatic imine (C=N–C) groups is 1. The molecule has 0 fully saturated rings. The summed E-state index contributed by atoms with van der Waals surface area (Å²) in [6.07, 6.45) is 3.72. The summed E-state index contributed by atoms with van der Waals surface area (Å²) in [6, 6.07) is 14.2. The van der Waals surface area contributed by atoms with Crippen molar-refractivity contribution in [2.24, 2.45) is 4.99 Å². The Morgan fingerprint density at radius 1 is 1.13 bits per heavy atom. The van der Waals surface area contributed by atoms with Gasteiger partial charge in [0.05, 0.1) is 26.2 Å². The van der Waals surface area contributed by atoms with Crippen LogP contribution >= 0.6 is 35.3 Å². The van der Waals surface area contributed by atoms with Crippen LogP contribution in [0.4, 0.5) is 0 Å². The van der Waals surface area contributed by atoms with Crippen molar-refractivity contribution in [2.75, 3.05) is 20.6 Å². The third kappa shape index (κ3) is 7.45. The number of aromatic nitrogens is 2. The van der Waals surface area contributed by atoms with Gasteiger partial charge in [0.15, 0.2) is 5.96 Å². The zero-order chi connectivity index (χ0) is 20.5. The lowest BCUT2D eigenvalue weighted by Gasteiger charge is -2.15. The monoisotopic (exact) mass is 538 g/mol. The van der Waals surface area contributed by atoms with E-state index in [4.69, 9.17) is 4.99 Å². The molecule has 0 unspecified atom stereocenters. The van der Waals surface area contributed by atoms with Crippen molar-refractivity contribution < 1.29 is 4.79 Å². The van der Waals surface area contributed by atoms with Gasteiger partial charge in [0, 0.05) is 31.4 Å². The number of thiophene rings is 1. The number of halogens is 1. The van der Waals surface area contributed by atoms with Gasteiger partial charge in [0.25, 0.3) is 0 Å². The number of hydrogen-bond acceptors (Lipinski definition) is 4. The molecular formula is C21H27IN6OS. The molecule has 0 spiro atoms. The predicted octanol–water partition coefficient (Wildman–Crippen LogP) is 2.93. The van der Waals surface area contributed by atoms with Crippen LogP contribution in [-0.4, -0.2) is 47.2 Å². The van der Waals surface area contributed by atoms with E-state index in [-0.39, 0.29) is 36.4 Å². The number of guanidine groups is 1. The third-order valence-corrected chi connectivity index (χ3v) is 5.21. The van der Waals surface area contributed by atoms with E-state index in [1.54, 1.807) is 36.5 Å².